The fraction of sp³-hybridized carbons (Fsp3) is 0.158. The van der Waals surface area contributed by atoms with Crippen LogP contribution in [0.3, 0.4) is 0 Å². The van der Waals surface area contributed by atoms with Gasteiger partial charge in [0.2, 0.25) is 0 Å². The predicted octanol–water partition coefficient (Wildman–Crippen LogP) is 5.09. The van der Waals surface area contributed by atoms with Gasteiger partial charge in [0.1, 0.15) is 5.75 Å². The van der Waals surface area contributed by atoms with Crippen LogP contribution < -0.4 is 4.74 Å². The third-order valence-corrected chi connectivity index (χ3v) is 4.95. The number of hydrogen-bond donors (Lipinski definition) is 0. The molecule has 0 aliphatic rings. The van der Waals surface area contributed by atoms with Crippen molar-refractivity contribution in [1.82, 2.24) is 14.8 Å². The van der Waals surface area contributed by atoms with Gasteiger partial charge in [0, 0.05) is 17.3 Å². The quantitative estimate of drug-likeness (QED) is 0.428. The van der Waals surface area contributed by atoms with Crippen molar-refractivity contribution >= 4 is 23.4 Å². The average Bonchev–Trinajstić information content (AvgIpc) is 3.04. The normalized spacial score (nSPS) is 10.6. The van der Waals surface area contributed by atoms with Crippen molar-refractivity contribution < 1.29 is 4.74 Å². The molecular formula is C19H18ClN3OS. The van der Waals surface area contributed by atoms with Crippen molar-refractivity contribution in [2.75, 3.05) is 7.11 Å². The Balaban J connectivity index is 1.89. The summed E-state index contributed by atoms with van der Waals surface area (Å²) in [6, 6.07) is 15.6. The van der Waals surface area contributed by atoms with E-state index in [0.29, 0.717) is 6.54 Å². The summed E-state index contributed by atoms with van der Waals surface area (Å²) in [7, 11) is 1.66. The smallest absolute Gasteiger partial charge is 0.192 e. The highest BCUT2D eigenvalue weighted by molar-refractivity contribution is 7.98. The Morgan fingerprint density at radius 2 is 1.92 bits per heavy atom. The molecule has 0 N–H and O–H groups in total. The topological polar surface area (TPSA) is 39.9 Å². The lowest BCUT2D eigenvalue weighted by atomic mass is 10.2. The Kier molecular flexibility index (Phi) is 5.79. The number of thioether (sulfide) groups is 1. The Bertz CT molecular complexity index is 861. The monoisotopic (exact) mass is 371 g/mol. The number of aromatic nitrogens is 3. The maximum Gasteiger partial charge on any atom is 0.192 e. The van der Waals surface area contributed by atoms with Crippen molar-refractivity contribution in [2.45, 2.75) is 17.5 Å². The molecule has 0 bridgehead atoms. The standard InChI is InChI=1S/C19H18ClN3OS/c1-3-12-23-18(16-6-4-5-7-17(16)24-2)21-22-19(23)25-13-14-8-10-15(20)11-9-14/h3-11H,1,12-13H2,2H3. The number of benzene rings is 2. The molecule has 0 amide bonds. The summed E-state index contributed by atoms with van der Waals surface area (Å²) >= 11 is 7.57. The van der Waals surface area contributed by atoms with Gasteiger partial charge in [-0.05, 0) is 29.8 Å². The molecule has 6 heteroatoms. The molecular weight excluding hydrogens is 354 g/mol. The Morgan fingerprint density at radius 1 is 1.16 bits per heavy atom. The summed E-state index contributed by atoms with van der Waals surface area (Å²) < 4.78 is 7.50. The molecule has 25 heavy (non-hydrogen) atoms. The first kappa shape index (κ1) is 17.6. The second-order valence-electron chi connectivity index (χ2n) is 5.32. The molecule has 0 radical (unpaired) electrons. The van der Waals surface area contributed by atoms with E-state index in [1.165, 1.54) is 5.56 Å². The first-order valence-electron chi connectivity index (χ1n) is 7.77. The molecule has 0 atom stereocenters. The minimum atomic E-state index is 0.628. The largest absolute Gasteiger partial charge is 0.496 e. The van der Waals surface area contributed by atoms with Crippen LogP contribution in [0.25, 0.3) is 11.4 Å². The van der Waals surface area contributed by atoms with Crippen molar-refractivity contribution in [3.8, 4) is 17.1 Å². The maximum absolute atomic E-state index is 5.94. The van der Waals surface area contributed by atoms with Crippen LogP contribution in [-0.2, 0) is 12.3 Å². The van der Waals surface area contributed by atoms with E-state index in [2.05, 4.69) is 16.8 Å². The highest BCUT2D eigenvalue weighted by atomic mass is 35.5. The van der Waals surface area contributed by atoms with E-state index < -0.39 is 0 Å². The summed E-state index contributed by atoms with van der Waals surface area (Å²) in [6.45, 7) is 4.48. The minimum Gasteiger partial charge on any atom is -0.496 e. The zero-order valence-corrected chi connectivity index (χ0v) is 15.4. The van der Waals surface area contributed by atoms with Crippen molar-refractivity contribution in [3.05, 3.63) is 71.8 Å². The molecule has 0 unspecified atom stereocenters. The van der Waals surface area contributed by atoms with Gasteiger partial charge in [0.25, 0.3) is 0 Å². The first-order chi connectivity index (χ1) is 12.2. The summed E-state index contributed by atoms with van der Waals surface area (Å²) in [6.07, 6.45) is 1.84. The van der Waals surface area contributed by atoms with Crippen molar-refractivity contribution in [1.29, 1.82) is 0 Å². The van der Waals surface area contributed by atoms with Crippen LogP contribution in [-0.4, -0.2) is 21.9 Å². The molecule has 3 rings (SSSR count). The molecule has 0 fully saturated rings. The second-order valence-corrected chi connectivity index (χ2v) is 6.70. The fourth-order valence-electron chi connectivity index (χ4n) is 2.45. The number of hydrogen-bond acceptors (Lipinski definition) is 4. The highest BCUT2D eigenvalue weighted by Crippen LogP contribution is 2.31. The number of ether oxygens (including phenoxy) is 1. The number of allylic oxidation sites excluding steroid dienone is 1. The van der Waals surface area contributed by atoms with Crippen LogP contribution in [0.2, 0.25) is 5.02 Å². The third kappa shape index (κ3) is 4.06. The Morgan fingerprint density at radius 3 is 2.64 bits per heavy atom. The van der Waals surface area contributed by atoms with Gasteiger partial charge in [-0.2, -0.15) is 0 Å². The molecule has 0 spiro atoms. The number of rotatable bonds is 7. The van der Waals surface area contributed by atoms with E-state index in [9.17, 15) is 0 Å². The van der Waals surface area contributed by atoms with E-state index in [4.69, 9.17) is 16.3 Å². The van der Waals surface area contributed by atoms with Gasteiger partial charge in [-0.3, -0.25) is 4.57 Å². The van der Waals surface area contributed by atoms with Gasteiger partial charge in [0.05, 0.1) is 12.7 Å². The second kappa shape index (κ2) is 8.23. The summed E-state index contributed by atoms with van der Waals surface area (Å²) in [5.41, 5.74) is 2.10. The van der Waals surface area contributed by atoms with E-state index in [1.54, 1.807) is 18.9 Å². The third-order valence-electron chi connectivity index (χ3n) is 3.66. The van der Waals surface area contributed by atoms with Crippen LogP contribution >= 0.6 is 23.4 Å². The fourth-order valence-corrected chi connectivity index (χ4v) is 3.48. The molecule has 0 aliphatic carbocycles. The SMILES string of the molecule is C=CCn1c(SCc2ccc(Cl)cc2)nnc1-c1ccccc1OC. The number of halogens is 1. The van der Waals surface area contributed by atoms with Crippen molar-refractivity contribution in [2.24, 2.45) is 0 Å². The molecule has 1 heterocycles. The summed E-state index contributed by atoms with van der Waals surface area (Å²) in [5, 5.41) is 10.3. The van der Waals surface area contributed by atoms with Crippen LogP contribution in [0.1, 0.15) is 5.56 Å². The number of nitrogens with zero attached hydrogens (tertiary/aromatic N) is 3. The van der Waals surface area contributed by atoms with E-state index >= 15 is 0 Å². The molecule has 0 aliphatic heterocycles. The van der Waals surface area contributed by atoms with Gasteiger partial charge in [-0.25, -0.2) is 0 Å². The van der Waals surface area contributed by atoms with E-state index in [-0.39, 0.29) is 0 Å². The molecule has 3 aromatic rings. The lowest BCUT2D eigenvalue weighted by molar-refractivity contribution is 0.416. The van der Waals surface area contributed by atoms with Crippen molar-refractivity contribution in [3.63, 3.8) is 0 Å². The first-order valence-corrected chi connectivity index (χ1v) is 9.14. The van der Waals surface area contributed by atoms with Gasteiger partial charge >= 0.3 is 0 Å². The molecule has 0 saturated heterocycles. The molecule has 2 aromatic carbocycles. The zero-order chi connectivity index (χ0) is 17.6. The van der Waals surface area contributed by atoms with Gasteiger partial charge in [0.15, 0.2) is 11.0 Å². The summed E-state index contributed by atoms with van der Waals surface area (Å²) in [5.74, 6) is 2.34. The minimum absolute atomic E-state index is 0.628. The molecule has 1 aromatic heterocycles. The lowest BCUT2D eigenvalue weighted by Gasteiger charge is -2.10. The van der Waals surface area contributed by atoms with E-state index in [1.807, 2.05) is 59.2 Å². The molecule has 128 valence electrons. The Hall–Kier alpha value is -2.24. The van der Waals surface area contributed by atoms with Crippen LogP contribution in [0, 0.1) is 0 Å². The Labute approximate surface area is 156 Å². The highest BCUT2D eigenvalue weighted by Gasteiger charge is 2.16. The van der Waals surface area contributed by atoms with Crippen LogP contribution in [0.5, 0.6) is 5.75 Å². The average molecular weight is 372 g/mol. The van der Waals surface area contributed by atoms with Crippen LogP contribution in [0.4, 0.5) is 0 Å². The lowest BCUT2D eigenvalue weighted by Crippen LogP contribution is -2.01. The summed E-state index contributed by atoms with van der Waals surface area (Å²) in [4.78, 5) is 0. The molecule has 4 nitrogen and oxygen atoms in total. The molecule has 0 saturated carbocycles. The number of methoxy groups -OCH3 is 1. The van der Waals surface area contributed by atoms with Gasteiger partial charge in [-0.15, -0.1) is 16.8 Å². The van der Waals surface area contributed by atoms with Gasteiger partial charge < -0.3 is 4.74 Å². The number of para-hydroxylation sites is 1. The predicted molar refractivity (Wildman–Crippen MR) is 103 cm³/mol. The van der Waals surface area contributed by atoms with E-state index in [0.717, 1.165) is 33.1 Å². The zero-order valence-electron chi connectivity index (χ0n) is 13.9. The maximum atomic E-state index is 5.94. The van der Waals surface area contributed by atoms with Gasteiger partial charge in [-0.1, -0.05) is 53.7 Å². The van der Waals surface area contributed by atoms with Crippen LogP contribution in [0.15, 0.2) is 66.3 Å².